The van der Waals surface area contributed by atoms with Crippen molar-refractivity contribution in [3.05, 3.63) is 40.6 Å². The molecule has 118 valence electrons. The normalized spacial score (nSPS) is 19.0. The van der Waals surface area contributed by atoms with Crippen molar-refractivity contribution < 1.29 is 9.31 Å². The highest BCUT2D eigenvalue weighted by Crippen LogP contribution is 2.37. The Labute approximate surface area is 135 Å². The van der Waals surface area contributed by atoms with Crippen LogP contribution in [0.4, 0.5) is 0 Å². The summed E-state index contributed by atoms with van der Waals surface area (Å²) in [5, 5.41) is 0. The Morgan fingerprint density at radius 3 is 2.00 bits per heavy atom. The molecule has 2 rings (SSSR count). The van der Waals surface area contributed by atoms with Gasteiger partial charge in [-0.3, -0.25) is 0 Å². The van der Waals surface area contributed by atoms with E-state index in [1.165, 1.54) is 16.7 Å². The van der Waals surface area contributed by atoms with Crippen LogP contribution >= 0.6 is 0 Å². The summed E-state index contributed by atoms with van der Waals surface area (Å²) in [7, 11) is -0.297. The molecule has 22 heavy (non-hydrogen) atoms. The average Bonchev–Trinajstić information content (AvgIpc) is 2.57. The number of allylic oxidation sites excluding steroid dienone is 1. The van der Waals surface area contributed by atoms with Crippen LogP contribution in [-0.4, -0.2) is 18.3 Å². The highest BCUT2D eigenvalue weighted by Gasteiger charge is 2.52. The summed E-state index contributed by atoms with van der Waals surface area (Å²) >= 11 is 0. The highest BCUT2D eigenvalue weighted by molar-refractivity contribution is 6.63. The van der Waals surface area contributed by atoms with E-state index in [-0.39, 0.29) is 18.3 Å². The van der Waals surface area contributed by atoms with E-state index in [4.69, 9.17) is 9.31 Å². The van der Waals surface area contributed by atoms with Gasteiger partial charge in [-0.2, -0.15) is 0 Å². The van der Waals surface area contributed by atoms with E-state index >= 15 is 0 Å². The van der Waals surface area contributed by atoms with Gasteiger partial charge in [-0.1, -0.05) is 30.2 Å². The summed E-state index contributed by atoms with van der Waals surface area (Å²) in [5.41, 5.74) is 7.30. The second kappa shape index (κ2) is 6.08. The standard InChI is InChI=1S/C19H27BO2/c1-8-9-10-11-16-12-14(2)17(15(3)13-16)20-21-18(4,5)19(6,7)22-20/h9,11-13H,8H2,1-7H3. The molecular weight excluding hydrogens is 271 g/mol. The van der Waals surface area contributed by atoms with E-state index in [1.807, 2.05) is 12.2 Å². The Bertz CT molecular complexity index is 583. The van der Waals surface area contributed by atoms with Crippen molar-refractivity contribution in [3.63, 3.8) is 0 Å². The molecule has 0 spiro atoms. The van der Waals surface area contributed by atoms with Crippen LogP contribution < -0.4 is 5.46 Å². The molecule has 1 heterocycles. The lowest BCUT2D eigenvalue weighted by atomic mass is 9.73. The van der Waals surface area contributed by atoms with Gasteiger partial charge < -0.3 is 9.31 Å². The number of hydrogen-bond acceptors (Lipinski definition) is 2. The van der Waals surface area contributed by atoms with Crippen molar-refractivity contribution in [3.8, 4) is 0 Å². The predicted molar refractivity (Wildman–Crippen MR) is 94.5 cm³/mol. The molecule has 0 amide bonds. The molecule has 0 unspecified atom stereocenters. The van der Waals surface area contributed by atoms with Crippen molar-refractivity contribution in [1.82, 2.24) is 0 Å². The third kappa shape index (κ3) is 3.22. The van der Waals surface area contributed by atoms with Gasteiger partial charge in [0.1, 0.15) is 0 Å². The molecule has 0 aromatic heterocycles. The number of hydrogen-bond donors (Lipinski definition) is 0. The number of rotatable bonds is 3. The molecule has 0 atom stereocenters. The molecule has 0 saturated carbocycles. The lowest BCUT2D eigenvalue weighted by Crippen LogP contribution is -2.41. The van der Waals surface area contributed by atoms with Crippen molar-refractivity contribution in [1.29, 1.82) is 0 Å². The van der Waals surface area contributed by atoms with Gasteiger partial charge in [-0.05, 0) is 71.1 Å². The highest BCUT2D eigenvalue weighted by atomic mass is 16.7. The fraction of sp³-hybridized carbons (Fsp3) is 0.526. The minimum atomic E-state index is -0.307. The van der Waals surface area contributed by atoms with Crippen LogP contribution in [0.2, 0.25) is 0 Å². The Hall–Kier alpha value is -1.28. The van der Waals surface area contributed by atoms with Gasteiger partial charge in [0.2, 0.25) is 0 Å². The molecule has 1 fully saturated rings. The van der Waals surface area contributed by atoms with Crippen LogP contribution in [0.3, 0.4) is 0 Å². The van der Waals surface area contributed by atoms with Gasteiger partial charge in [0.25, 0.3) is 0 Å². The maximum atomic E-state index is 6.20. The van der Waals surface area contributed by atoms with Gasteiger partial charge in [0.15, 0.2) is 0 Å². The van der Waals surface area contributed by atoms with E-state index < -0.39 is 0 Å². The van der Waals surface area contributed by atoms with Crippen LogP contribution in [0.5, 0.6) is 0 Å². The first kappa shape index (κ1) is 17.1. The zero-order valence-electron chi connectivity index (χ0n) is 14.9. The Morgan fingerprint density at radius 2 is 1.55 bits per heavy atom. The second-order valence-electron chi connectivity index (χ2n) is 7.08. The minimum absolute atomic E-state index is 0.297. The van der Waals surface area contributed by atoms with E-state index in [1.54, 1.807) is 0 Å². The summed E-state index contributed by atoms with van der Waals surface area (Å²) in [4.78, 5) is 0. The molecule has 0 aliphatic carbocycles. The fourth-order valence-electron chi connectivity index (χ4n) is 2.70. The average molecular weight is 298 g/mol. The Balaban J connectivity index is 2.36. The molecule has 0 bridgehead atoms. The SMILES string of the molecule is CCC=C=Cc1cc(C)c(B2OC(C)(C)C(C)(C)O2)c(C)c1. The van der Waals surface area contributed by atoms with Crippen molar-refractivity contribution in [2.45, 2.75) is 66.1 Å². The molecule has 0 radical (unpaired) electrons. The Morgan fingerprint density at radius 1 is 1.05 bits per heavy atom. The summed E-state index contributed by atoms with van der Waals surface area (Å²) in [5.74, 6) is 0. The van der Waals surface area contributed by atoms with Crippen LogP contribution in [0.15, 0.2) is 23.9 Å². The number of aryl methyl sites for hydroxylation is 2. The largest absolute Gasteiger partial charge is 0.495 e. The van der Waals surface area contributed by atoms with Gasteiger partial charge in [-0.25, -0.2) is 0 Å². The molecular formula is C19H27BO2. The topological polar surface area (TPSA) is 18.5 Å². The van der Waals surface area contributed by atoms with Gasteiger partial charge >= 0.3 is 7.12 Å². The molecule has 1 aliphatic heterocycles. The second-order valence-corrected chi connectivity index (χ2v) is 7.08. The zero-order valence-corrected chi connectivity index (χ0v) is 14.9. The lowest BCUT2D eigenvalue weighted by molar-refractivity contribution is 0.00578. The molecule has 1 aromatic carbocycles. The van der Waals surface area contributed by atoms with Crippen molar-refractivity contribution >= 4 is 18.7 Å². The first-order valence-corrected chi connectivity index (χ1v) is 8.05. The molecule has 1 aliphatic rings. The Kier molecular flexibility index (Phi) is 4.72. The molecule has 1 aromatic rings. The lowest BCUT2D eigenvalue weighted by Gasteiger charge is -2.32. The van der Waals surface area contributed by atoms with E-state index in [0.717, 1.165) is 11.9 Å². The number of benzene rings is 1. The molecule has 2 nitrogen and oxygen atoms in total. The maximum Gasteiger partial charge on any atom is 0.495 e. The van der Waals surface area contributed by atoms with Crippen LogP contribution in [0.1, 0.15) is 57.7 Å². The van der Waals surface area contributed by atoms with Crippen molar-refractivity contribution in [2.75, 3.05) is 0 Å². The third-order valence-electron chi connectivity index (χ3n) is 4.68. The van der Waals surface area contributed by atoms with Gasteiger partial charge in [-0.15, -0.1) is 5.73 Å². The quantitative estimate of drug-likeness (QED) is 0.615. The first-order valence-electron chi connectivity index (χ1n) is 8.05. The van der Waals surface area contributed by atoms with Crippen LogP contribution in [-0.2, 0) is 9.31 Å². The molecule has 1 saturated heterocycles. The van der Waals surface area contributed by atoms with E-state index in [0.29, 0.717) is 0 Å². The first-order chi connectivity index (χ1) is 10.2. The maximum absolute atomic E-state index is 6.20. The van der Waals surface area contributed by atoms with Gasteiger partial charge in [0.05, 0.1) is 11.2 Å². The smallest absolute Gasteiger partial charge is 0.399 e. The van der Waals surface area contributed by atoms with E-state index in [2.05, 4.69) is 66.3 Å². The van der Waals surface area contributed by atoms with E-state index in [9.17, 15) is 0 Å². The van der Waals surface area contributed by atoms with Gasteiger partial charge in [0, 0.05) is 0 Å². The zero-order chi connectivity index (χ0) is 16.5. The fourth-order valence-corrected chi connectivity index (χ4v) is 2.70. The van der Waals surface area contributed by atoms with Crippen LogP contribution in [0, 0.1) is 13.8 Å². The monoisotopic (exact) mass is 298 g/mol. The summed E-state index contributed by atoms with van der Waals surface area (Å²) in [6.07, 6.45) is 5.06. The molecule has 3 heteroatoms. The summed E-state index contributed by atoms with van der Waals surface area (Å²) in [6, 6.07) is 4.34. The summed E-state index contributed by atoms with van der Waals surface area (Å²) in [6.45, 7) is 14.7. The van der Waals surface area contributed by atoms with Crippen molar-refractivity contribution in [2.24, 2.45) is 0 Å². The third-order valence-corrected chi connectivity index (χ3v) is 4.68. The van der Waals surface area contributed by atoms with Crippen LogP contribution in [0.25, 0.3) is 6.08 Å². The summed E-state index contributed by atoms with van der Waals surface area (Å²) < 4.78 is 12.4. The predicted octanol–water partition coefficient (Wildman–Crippen LogP) is 4.18. The molecule has 0 N–H and O–H groups in total. The minimum Gasteiger partial charge on any atom is -0.399 e.